The molecule has 7 nitrogen and oxygen atoms in total. The average molecular weight is 395 g/mol. The molecule has 0 bridgehead atoms. The summed E-state index contributed by atoms with van der Waals surface area (Å²) in [6, 6.07) is 5.64. The summed E-state index contributed by atoms with van der Waals surface area (Å²) < 4.78 is 1.17. The van der Waals surface area contributed by atoms with E-state index in [0.29, 0.717) is 16.6 Å². The second-order valence-electron chi connectivity index (χ2n) is 6.13. The monoisotopic (exact) mass is 394 g/mol. The first-order valence-electron chi connectivity index (χ1n) is 8.31. The van der Waals surface area contributed by atoms with Gasteiger partial charge in [0, 0.05) is 30.5 Å². The minimum Gasteiger partial charge on any atom is -0.368 e. The fraction of sp³-hybridized carbons (Fsp3) is 0.412. The number of nitrogens with zero attached hydrogens (tertiary/aromatic N) is 4. The molecule has 0 amide bonds. The first kappa shape index (κ1) is 18.7. The van der Waals surface area contributed by atoms with Crippen molar-refractivity contribution in [1.29, 1.82) is 0 Å². The zero-order chi connectivity index (χ0) is 18.7. The predicted molar refractivity (Wildman–Crippen MR) is 105 cm³/mol. The van der Waals surface area contributed by atoms with Crippen LogP contribution in [0.25, 0.3) is 5.69 Å². The molecule has 2 heterocycles. The van der Waals surface area contributed by atoms with Crippen molar-refractivity contribution in [2.45, 2.75) is 24.5 Å². The van der Waals surface area contributed by atoms with E-state index in [1.54, 1.807) is 6.20 Å². The largest absolute Gasteiger partial charge is 0.368 e. The molecule has 0 saturated carbocycles. The Morgan fingerprint density at radius 1 is 1.31 bits per heavy atom. The molecule has 1 aliphatic rings. The van der Waals surface area contributed by atoms with Gasteiger partial charge in [-0.2, -0.15) is 21.5 Å². The molecule has 1 aromatic carbocycles. The Morgan fingerprint density at radius 3 is 2.69 bits per heavy atom. The number of hydrogen-bond acceptors (Lipinski definition) is 6. The number of benzene rings is 1. The van der Waals surface area contributed by atoms with E-state index in [1.807, 2.05) is 11.8 Å². The molecule has 9 heteroatoms. The molecule has 3 rings (SSSR count). The van der Waals surface area contributed by atoms with Crippen molar-refractivity contribution >= 4 is 34.7 Å². The summed E-state index contributed by atoms with van der Waals surface area (Å²) in [5.41, 5.74) is 0.614. The van der Waals surface area contributed by atoms with Gasteiger partial charge in [0.05, 0.1) is 22.5 Å². The van der Waals surface area contributed by atoms with E-state index in [0.717, 1.165) is 32.4 Å². The van der Waals surface area contributed by atoms with E-state index in [-0.39, 0.29) is 10.7 Å². The highest BCUT2D eigenvalue weighted by Gasteiger charge is 2.22. The second-order valence-corrected chi connectivity index (χ2v) is 7.65. The molecule has 0 radical (unpaired) electrons. The molecule has 1 aromatic heterocycles. The van der Waals surface area contributed by atoms with Crippen molar-refractivity contribution in [2.75, 3.05) is 24.2 Å². The van der Waals surface area contributed by atoms with Crippen LogP contribution in [-0.4, -0.2) is 39.3 Å². The summed E-state index contributed by atoms with van der Waals surface area (Å²) in [4.78, 5) is 25.1. The van der Waals surface area contributed by atoms with Crippen LogP contribution in [0.4, 0.5) is 11.4 Å². The Labute approximate surface area is 160 Å². The lowest BCUT2D eigenvalue weighted by Gasteiger charge is -2.26. The van der Waals surface area contributed by atoms with Gasteiger partial charge in [-0.15, -0.1) is 0 Å². The van der Waals surface area contributed by atoms with Gasteiger partial charge in [-0.1, -0.05) is 18.0 Å². The van der Waals surface area contributed by atoms with Gasteiger partial charge in [0.15, 0.2) is 0 Å². The maximum Gasteiger partial charge on any atom is 0.292 e. The van der Waals surface area contributed by atoms with Crippen molar-refractivity contribution in [2.24, 2.45) is 0 Å². The minimum absolute atomic E-state index is 0.0443. The molecule has 26 heavy (non-hydrogen) atoms. The summed E-state index contributed by atoms with van der Waals surface area (Å²) in [6.07, 6.45) is 7.07. The van der Waals surface area contributed by atoms with Crippen LogP contribution >= 0.6 is 23.4 Å². The predicted octanol–water partition coefficient (Wildman–Crippen LogP) is 3.52. The lowest BCUT2D eigenvalue weighted by Crippen LogP contribution is -2.32. The minimum atomic E-state index is -0.489. The van der Waals surface area contributed by atoms with Crippen LogP contribution in [0, 0.1) is 10.1 Å². The second kappa shape index (κ2) is 8.09. The van der Waals surface area contributed by atoms with Gasteiger partial charge >= 0.3 is 0 Å². The summed E-state index contributed by atoms with van der Waals surface area (Å²) in [5, 5.41) is 15.6. The van der Waals surface area contributed by atoms with E-state index in [9.17, 15) is 14.9 Å². The Morgan fingerprint density at radius 2 is 2.04 bits per heavy atom. The number of non-ortho nitro benzene ring substituents is 1. The van der Waals surface area contributed by atoms with Gasteiger partial charge in [0.1, 0.15) is 5.02 Å². The average Bonchev–Trinajstić information content (AvgIpc) is 2.89. The zero-order valence-corrected chi connectivity index (χ0v) is 15.9. The molecule has 0 N–H and O–H groups in total. The first-order chi connectivity index (χ1) is 12.5. The SMILES string of the molecule is CSC1CCCCN(c2cnn(-c3ccc([N+](=O)[O-])cc3)c(=O)c2Cl)C1. The lowest BCUT2D eigenvalue weighted by molar-refractivity contribution is -0.384. The first-order valence-corrected chi connectivity index (χ1v) is 9.98. The van der Waals surface area contributed by atoms with Crippen LogP contribution < -0.4 is 10.5 Å². The standard InChI is InChI=1S/C17H19ClN4O3S/c1-26-14-4-2-3-9-20(11-14)15-10-19-21(17(23)16(15)18)12-5-7-13(8-6-12)22(24)25/h5-8,10,14H,2-4,9,11H2,1H3. The van der Waals surface area contributed by atoms with Crippen LogP contribution in [0.15, 0.2) is 35.3 Å². The van der Waals surface area contributed by atoms with Crippen molar-refractivity contribution in [3.8, 4) is 5.69 Å². The van der Waals surface area contributed by atoms with Gasteiger partial charge < -0.3 is 4.90 Å². The highest BCUT2D eigenvalue weighted by molar-refractivity contribution is 7.99. The third-order valence-corrected chi connectivity index (χ3v) is 5.91. The van der Waals surface area contributed by atoms with Crippen molar-refractivity contribution < 1.29 is 4.92 Å². The van der Waals surface area contributed by atoms with Crippen molar-refractivity contribution in [1.82, 2.24) is 9.78 Å². The maximum atomic E-state index is 12.7. The number of hydrogen-bond donors (Lipinski definition) is 0. The summed E-state index contributed by atoms with van der Waals surface area (Å²) >= 11 is 8.21. The van der Waals surface area contributed by atoms with E-state index in [2.05, 4.69) is 16.3 Å². The van der Waals surface area contributed by atoms with Gasteiger partial charge in [0.25, 0.3) is 11.2 Å². The number of halogens is 1. The molecular weight excluding hydrogens is 376 g/mol. The molecule has 2 aromatic rings. The van der Waals surface area contributed by atoms with Gasteiger partial charge in [-0.05, 0) is 31.2 Å². The Bertz CT molecular complexity index is 856. The van der Waals surface area contributed by atoms with Crippen LogP contribution in [0.5, 0.6) is 0 Å². The summed E-state index contributed by atoms with van der Waals surface area (Å²) in [7, 11) is 0. The third kappa shape index (κ3) is 3.86. The van der Waals surface area contributed by atoms with Crippen molar-refractivity contribution in [3.63, 3.8) is 0 Å². The lowest BCUT2D eigenvalue weighted by atomic mass is 10.2. The fourth-order valence-corrected chi connectivity index (χ4v) is 4.04. The number of thioether (sulfide) groups is 1. The number of rotatable bonds is 4. The number of aromatic nitrogens is 2. The third-order valence-electron chi connectivity index (χ3n) is 4.51. The molecule has 0 spiro atoms. The molecule has 138 valence electrons. The molecule has 0 aliphatic carbocycles. The highest BCUT2D eigenvalue weighted by atomic mass is 35.5. The van der Waals surface area contributed by atoms with E-state index in [1.165, 1.54) is 28.9 Å². The molecule has 1 atom stereocenters. The van der Waals surface area contributed by atoms with Crippen LogP contribution in [0.3, 0.4) is 0 Å². The smallest absolute Gasteiger partial charge is 0.292 e. The number of nitro benzene ring substituents is 1. The molecule has 1 saturated heterocycles. The topological polar surface area (TPSA) is 81.3 Å². The number of anilines is 1. The Hall–Kier alpha value is -2.06. The quantitative estimate of drug-likeness (QED) is 0.583. The molecule has 1 aliphatic heterocycles. The van der Waals surface area contributed by atoms with Gasteiger partial charge in [-0.3, -0.25) is 14.9 Å². The Balaban J connectivity index is 1.93. The number of nitro groups is 1. The zero-order valence-electron chi connectivity index (χ0n) is 14.3. The van der Waals surface area contributed by atoms with Crippen molar-refractivity contribution in [3.05, 3.63) is 56.0 Å². The van der Waals surface area contributed by atoms with Crippen LogP contribution in [-0.2, 0) is 0 Å². The van der Waals surface area contributed by atoms with E-state index in [4.69, 9.17) is 11.6 Å². The maximum absolute atomic E-state index is 12.7. The van der Waals surface area contributed by atoms with E-state index < -0.39 is 10.5 Å². The van der Waals surface area contributed by atoms with E-state index >= 15 is 0 Å². The molecular formula is C17H19ClN4O3S. The summed E-state index contributed by atoms with van der Waals surface area (Å²) in [6.45, 7) is 1.68. The fourth-order valence-electron chi connectivity index (χ4n) is 3.06. The highest BCUT2D eigenvalue weighted by Crippen LogP contribution is 2.28. The molecule has 1 unspecified atom stereocenters. The normalized spacial score (nSPS) is 17.8. The van der Waals surface area contributed by atoms with Crippen LogP contribution in [0.1, 0.15) is 19.3 Å². The van der Waals surface area contributed by atoms with Gasteiger partial charge in [-0.25, -0.2) is 0 Å². The van der Waals surface area contributed by atoms with Crippen LogP contribution in [0.2, 0.25) is 5.02 Å². The molecule has 1 fully saturated rings. The van der Waals surface area contributed by atoms with Gasteiger partial charge in [0.2, 0.25) is 0 Å². The summed E-state index contributed by atoms with van der Waals surface area (Å²) in [5.74, 6) is 0. The Kier molecular flexibility index (Phi) is 5.83.